The molecule has 0 saturated carbocycles. The Labute approximate surface area is 101 Å². The molecule has 80 valence electrons. The lowest BCUT2D eigenvalue weighted by molar-refractivity contribution is 0.0681. The Morgan fingerprint density at radius 2 is 2.43 bits per heavy atom. The van der Waals surface area contributed by atoms with Gasteiger partial charge in [-0.05, 0) is 29.5 Å². The fourth-order valence-corrected chi connectivity index (χ4v) is 1.62. The number of aromatic carboxylic acids is 1. The number of carboxylic acid groups (broad SMARTS) is 1. The van der Waals surface area contributed by atoms with Gasteiger partial charge in [0.1, 0.15) is 0 Å². The summed E-state index contributed by atoms with van der Waals surface area (Å²) < 4.78 is 2.04. The Bertz CT molecular complexity index is 327. The molecule has 0 bridgehead atoms. The number of aromatic nitrogens is 2. The fourth-order valence-electron chi connectivity index (χ4n) is 0.986. The van der Waals surface area contributed by atoms with Crippen LogP contribution in [-0.2, 0) is 6.54 Å². The van der Waals surface area contributed by atoms with Crippen molar-refractivity contribution in [2.45, 2.75) is 19.5 Å². The van der Waals surface area contributed by atoms with E-state index >= 15 is 0 Å². The van der Waals surface area contributed by atoms with Crippen LogP contribution in [0.1, 0.15) is 17.4 Å². The largest absolute Gasteiger partial charge is 0.476 e. The summed E-state index contributed by atoms with van der Waals surface area (Å²) in [5.74, 6) is -0.970. The molecule has 1 atom stereocenters. The molecule has 0 amide bonds. The SMILES string of the molecule is C[C@@H](N)Cn1ncc(I)c1C(=O)O.Cl. The van der Waals surface area contributed by atoms with Gasteiger partial charge in [0.05, 0.1) is 16.3 Å². The van der Waals surface area contributed by atoms with Crippen LogP contribution in [0.4, 0.5) is 0 Å². The van der Waals surface area contributed by atoms with Crippen LogP contribution in [0.3, 0.4) is 0 Å². The molecule has 0 radical (unpaired) electrons. The average molecular weight is 332 g/mol. The van der Waals surface area contributed by atoms with Crippen molar-refractivity contribution >= 4 is 41.0 Å². The monoisotopic (exact) mass is 331 g/mol. The minimum atomic E-state index is -0.970. The number of hydrogen-bond acceptors (Lipinski definition) is 3. The molecule has 0 aromatic carbocycles. The summed E-state index contributed by atoms with van der Waals surface area (Å²) in [5.41, 5.74) is 5.75. The molecular weight excluding hydrogens is 320 g/mol. The average Bonchev–Trinajstić information content (AvgIpc) is 2.30. The van der Waals surface area contributed by atoms with E-state index in [0.29, 0.717) is 10.1 Å². The third-order valence-corrected chi connectivity index (χ3v) is 2.25. The van der Waals surface area contributed by atoms with Crippen molar-refractivity contribution in [3.05, 3.63) is 15.5 Å². The molecule has 14 heavy (non-hydrogen) atoms. The molecular formula is C7H11ClIN3O2. The predicted molar refractivity (Wildman–Crippen MR) is 62.8 cm³/mol. The number of carboxylic acids is 1. The van der Waals surface area contributed by atoms with Gasteiger partial charge in [-0.3, -0.25) is 4.68 Å². The number of halogens is 2. The predicted octanol–water partition coefficient (Wildman–Crippen LogP) is 0.955. The molecule has 7 heteroatoms. The minimum absolute atomic E-state index is 0. The number of rotatable bonds is 3. The van der Waals surface area contributed by atoms with Crippen LogP contribution in [-0.4, -0.2) is 26.9 Å². The van der Waals surface area contributed by atoms with Gasteiger partial charge in [0.15, 0.2) is 5.69 Å². The van der Waals surface area contributed by atoms with E-state index in [-0.39, 0.29) is 24.1 Å². The highest BCUT2D eigenvalue weighted by atomic mass is 127. The second kappa shape index (κ2) is 5.52. The molecule has 0 aliphatic rings. The van der Waals surface area contributed by atoms with E-state index in [9.17, 15) is 4.79 Å². The molecule has 0 aliphatic carbocycles. The highest BCUT2D eigenvalue weighted by molar-refractivity contribution is 14.1. The Morgan fingerprint density at radius 1 is 1.86 bits per heavy atom. The Balaban J connectivity index is 0.00000169. The summed E-state index contributed by atoms with van der Waals surface area (Å²) in [7, 11) is 0. The minimum Gasteiger partial charge on any atom is -0.476 e. The standard InChI is InChI=1S/C7H10IN3O2.ClH/c1-4(9)3-11-6(7(12)13)5(8)2-10-11;/h2,4H,3,9H2,1H3,(H,12,13);1H/t4-;/m1./s1. The Kier molecular flexibility index (Phi) is 5.38. The van der Waals surface area contributed by atoms with Crippen LogP contribution >= 0.6 is 35.0 Å². The summed E-state index contributed by atoms with van der Waals surface area (Å²) in [5, 5.41) is 12.8. The molecule has 1 rings (SSSR count). The maximum absolute atomic E-state index is 10.8. The van der Waals surface area contributed by atoms with Crippen molar-refractivity contribution < 1.29 is 9.90 Å². The Morgan fingerprint density at radius 3 is 2.86 bits per heavy atom. The zero-order valence-corrected chi connectivity index (χ0v) is 10.4. The van der Waals surface area contributed by atoms with Crippen molar-refractivity contribution in [3.63, 3.8) is 0 Å². The molecule has 3 N–H and O–H groups in total. The van der Waals surface area contributed by atoms with Crippen molar-refractivity contribution in [2.24, 2.45) is 5.73 Å². The molecule has 0 aliphatic heterocycles. The third-order valence-electron chi connectivity index (χ3n) is 1.46. The third kappa shape index (κ3) is 3.10. The molecule has 5 nitrogen and oxygen atoms in total. The first kappa shape index (κ1) is 13.7. The van der Waals surface area contributed by atoms with Gasteiger partial charge in [-0.15, -0.1) is 12.4 Å². The van der Waals surface area contributed by atoms with Crippen molar-refractivity contribution in [3.8, 4) is 0 Å². The van der Waals surface area contributed by atoms with Gasteiger partial charge in [0.25, 0.3) is 0 Å². The fraction of sp³-hybridized carbons (Fsp3) is 0.429. The van der Waals surface area contributed by atoms with Gasteiger partial charge < -0.3 is 10.8 Å². The molecule has 0 spiro atoms. The van der Waals surface area contributed by atoms with Crippen molar-refractivity contribution in [2.75, 3.05) is 0 Å². The van der Waals surface area contributed by atoms with E-state index in [0.717, 1.165) is 0 Å². The second-order valence-corrected chi connectivity index (χ2v) is 3.97. The maximum Gasteiger partial charge on any atom is 0.355 e. The van der Waals surface area contributed by atoms with Crippen LogP contribution < -0.4 is 5.73 Å². The van der Waals surface area contributed by atoms with E-state index < -0.39 is 5.97 Å². The molecule has 0 fully saturated rings. The summed E-state index contributed by atoms with van der Waals surface area (Å²) in [6.07, 6.45) is 1.52. The van der Waals surface area contributed by atoms with Crippen molar-refractivity contribution in [1.29, 1.82) is 0 Å². The molecule has 1 aromatic heterocycles. The maximum atomic E-state index is 10.8. The lowest BCUT2D eigenvalue weighted by atomic mass is 10.3. The van der Waals surface area contributed by atoms with Gasteiger partial charge in [-0.2, -0.15) is 5.10 Å². The highest BCUT2D eigenvalue weighted by Crippen LogP contribution is 2.11. The summed E-state index contributed by atoms with van der Waals surface area (Å²) in [6.45, 7) is 2.23. The first-order valence-electron chi connectivity index (χ1n) is 3.72. The van der Waals surface area contributed by atoms with Gasteiger partial charge in [0.2, 0.25) is 0 Å². The molecule has 0 saturated heterocycles. The zero-order chi connectivity index (χ0) is 10.0. The number of nitrogens with zero attached hydrogens (tertiary/aromatic N) is 2. The van der Waals surface area contributed by atoms with Crippen LogP contribution in [0.25, 0.3) is 0 Å². The Hall–Kier alpha value is -0.340. The van der Waals surface area contributed by atoms with E-state index in [1.165, 1.54) is 10.9 Å². The smallest absolute Gasteiger partial charge is 0.355 e. The molecule has 1 aromatic rings. The van der Waals surface area contributed by atoms with Gasteiger partial charge in [-0.25, -0.2) is 4.79 Å². The van der Waals surface area contributed by atoms with E-state index in [4.69, 9.17) is 10.8 Å². The topological polar surface area (TPSA) is 81.1 Å². The number of hydrogen-bond donors (Lipinski definition) is 2. The number of nitrogens with two attached hydrogens (primary N) is 1. The zero-order valence-electron chi connectivity index (χ0n) is 7.48. The summed E-state index contributed by atoms with van der Waals surface area (Å²) in [6, 6.07) is -0.103. The normalized spacial score (nSPS) is 11.9. The highest BCUT2D eigenvalue weighted by Gasteiger charge is 2.16. The van der Waals surface area contributed by atoms with Crippen LogP contribution in [0.5, 0.6) is 0 Å². The summed E-state index contributed by atoms with van der Waals surface area (Å²) in [4.78, 5) is 10.8. The van der Waals surface area contributed by atoms with E-state index in [1.807, 2.05) is 22.6 Å². The second-order valence-electron chi connectivity index (χ2n) is 2.81. The first-order chi connectivity index (χ1) is 6.02. The van der Waals surface area contributed by atoms with Gasteiger partial charge >= 0.3 is 5.97 Å². The van der Waals surface area contributed by atoms with Crippen LogP contribution in [0, 0.1) is 3.57 Å². The van der Waals surface area contributed by atoms with Gasteiger partial charge in [0, 0.05) is 6.04 Å². The van der Waals surface area contributed by atoms with Gasteiger partial charge in [-0.1, -0.05) is 0 Å². The molecule has 0 unspecified atom stereocenters. The van der Waals surface area contributed by atoms with Crippen LogP contribution in [0.15, 0.2) is 6.20 Å². The van der Waals surface area contributed by atoms with Crippen LogP contribution in [0.2, 0.25) is 0 Å². The number of carbonyl (C=O) groups is 1. The lowest BCUT2D eigenvalue weighted by Gasteiger charge is -2.06. The first-order valence-corrected chi connectivity index (χ1v) is 4.80. The van der Waals surface area contributed by atoms with E-state index in [1.54, 1.807) is 6.92 Å². The van der Waals surface area contributed by atoms with Crippen molar-refractivity contribution in [1.82, 2.24) is 9.78 Å². The quantitative estimate of drug-likeness (QED) is 0.808. The lowest BCUT2D eigenvalue weighted by Crippen LogP contribution is -2.25. The molecule has 1 heterocycles. The summed E-state index contributed by atoms with van der Waals surface area (Å²) >= 11 is 1.94. The van der Waals surface area contributed by atoms with E-state index in [2.05, 4.69) is 5.10 Å².